The molecule has 0 fully saturated rings. The van der Waals surface area contributed by atoms with Crippen LogP contribution in [0.15, 0.2) is 0 Å². The summed E-state index contributed by atoms with van der Waals surface area (Å²) in [5.74, 6) is -0.949. The molecule has 0 unspecified atom stereocenters. The third-order valence-corrected chi connectivity index (χ3v) is 2.30. The SMILES string of the molecule is CSC(=N)NCCCC[C@@H](N)C(=O)O. The minimum Gasteiger partial charge on any atom is -0.480 e. The third-order valence-electron chi connectivity index (χ3n) is 1.75. The average molecular weight is 219 g/mol. The topological polar surface area (TPSA) is 99.2 Å². The van der Waals surface area contributed by atoms with Crippen LogP contribution in [0, 0.1) is 5.41 Å². The second kappa shape index (κ2) is 7.64. The summed E-state index contributed by atoms with van der Waals surface area (Å²) < 4.78 is 0. The molecule has 5 N–H and O–H groups in total. The largest absolute Gasteiger partial charge is 0.480 e. The molecule has 1 atom stereocenters. The van der Waals surface area contributed by atoms with Crippen molar-refractivity contribution in [1.82, 2.24) is 5.32 Å². The van der Waals surface area contributed by atoms with Crippen molar-refractivity contribution in [3.8, 4) is 0 Å². The Morgan fingerprint density at radius 1 is 1.64 bits per heavy atom. The van der Waals surface area contributed by atoms with Crippen LogP contribution in [0.4, 0.5) is 0 Å². The number of carbonyl (C=O) groups is 1. The van der Waals surface area contributed by atoms with Gasteiger partial charge in [-0.3, -0.25) is 10.2 Å². The molecule has 0 bridgehead atoms. The third kappa shape index (κ3) is 6.73. The van der Waals surface area contributed by atoms with Gasteiger partial charge in [-0.25, -0.2) is 0 Å². The molecule has 82 valence electrons. The lowest BCUT2D eigenvalue weighted by molar-refractivity contribution is -0.138. The maximum atomic E-state index is 10.3. The van der Waals surface area contributed by atoms with E-state index in [0.717, 1.165) is 12.8 Å². The number of hydrogen-bond acceptors (Lipinski definition) is 4. The van der Waals surface area contributed by atoms with Gasteiger partial charge in [0.2, 0.25) is 0 Å². The Hall–Kier alpha value is -0.750. The summed E-state index contributed by atoms with van der Waals surface area (Å²) in [6, 6.07) is -0.755. The van der Waals surface area contributed by atoms with Crippen molar-refractivity contribution in [3.05, 3.63) is 0 Å². The number of carboxylic acids is 1. The Labute approximate surface area is 87.9 Å². The maximum absolute atomic E-state index is 10.3. The number of thioether (sulfide) groups is 1. The summed E-state index contributed by atoms with van der Waals surface area (Å²) in [4.78, 5) is 10.3. The summed E-state index contributed by atoms with van der Waals surface area (Å²) in [7, 11) is 0. The smallest absolute Gasteiger partial charge is 0.320 e. The molecule has 0 heterocycles. The van der Waals surface area contributed by atoms with Crippen molar-refractivity contribution < 1.29 is 9.90 Å². The number of nitrogens with two attached hydrogens (primary N) is 1. The second-order valence-electron chi connectivity index (χ2n) is 2.90. The van der Waals surface area contributed by atoms with E-state index in [1.165, 1.54) is 11.8 Å². The van der Waals surface area contributed by atoms with Crippen molar-refractivity contribution in [2.24, 2.45) is 5.73 Å². The molecule has 14 heavy (non-hydrogen) atoms. The fourth-order valence-electron chi connectivity index (χ4n) is 0.887. The summed E-state index contributed by atoms with van der Waals surface area (Å²) in [5.41, 5.74) is 5.32. The number of amidine groups is 1. The molecule has 0 saturated carbocycles. The van der Waals surface area contributed by atoms with Gasteiger partial charge in [0.15, 0.2) is 5.17 Å². The van der Waals surface area contributed by atoms with Crippen LogP contribution in [0.2, 0.25) is 0 Å². The monoisotopic (exact) mass is 219 g/mol. The highest BCUT2D eigenvalue weighted by Gasteiger charge is 2.09. The number of aliphatic carboxylic acids is 1. The first-order valence-corrected chi connectivity index (χ1v) is 5.65. The molecule has 0 aromatic carbocycles. The molecule has 0 radical (unpaired) electrons. The fraction of sp³-hybridized carbons (Fsp3) is 0.750. The molecular formula is C8H17N3O2S. The quantitative estimate of drug-likeness (QED) is 0.295. The Balaban J connectivity index is 3.30. The van der Waals surface area contributed by atoms with Gasteiger partial charge in [0, 0.05) is 6.54 Å². The van der Waals surface area contributed by atoms with E-state index in [-0.39, 0.29) is 0 Å². The van der Waals surface area contributed by atoms with E-state index in [9.17, 15) is 4.79 Å². The molecule has 0 aliphatic rings. The van der Waals surface area contributed by atoms with Gasteiger partial charge >= 0.3 is 5.97 Å². The molecular weight excluding hydrogens is 202 g/mol. The van der Waals surface area contributed by atoms with Crippen LogP contribution >= 0.6 is 11.8 Å². The highest BCUT2D eigenvalue weighted by Crippen LogP contribution is 1.99. The molecule has 0 aliphatic carbocycles. The number of carboxylic acid groups (broad SMARTS) is 1. The lowest BCUT2D eigenvalue weighted by atomic mass is 10.1. The zero-order chi connectivity index (χ0) is 11.0. The second-order valence-corrected chi connectivity index (χ2v) is 3.72. The van der Waals surface area contributed by atoms with Gasteiger partial charge in [0.25, 0.3) is 0 Å². The molecule has 0 aliphatic heterocycles. The predicted molar refractivity (Wildman–Crippen MR) is 58.7 cm³/mol. The van der Waals surface area contributed by atoms with Gasteiger partial charge in [0.1, 0.15) is 6.04 Å². The molecule has 6 heteroatoms. The van der Waals surface area contributed by atoms with E-state index in [2.05, 4.69) is 5.32 Å². The number of nitrogens with one attached hydrogen (secondary N) is 2. The van der Waals surface area contributed by atoms with E-state index in [1.807, 2.05) is 6.26 Å². The standard InChI is InChI=1S/C8H17N3O2S/c1-14-8(10)11-5-3-2-4-6(9)7(12)13/h6H,2-5,9H2,1H3,(H2,10,11)(H,12,13)/t6-/m1/s1. The van der Waals surface area contributed by atoms with Gasteiger partial charge < -0.3 is 16.2 Å². The number of rotatable bonds is 6. The normalized spacial score (nSPS) is 12.1. The number of hydrogen-bond donors (Lipinski definition) is 4. The Morgan fingerprint density at radius 2 is 2.29 bits per heavy atom. The first kappa shape index (κ1) is 13.2. The summed E-state index contributed by atoms with van der Waals surface area (Å²) >= 11 is 1.35. The molecule has 0 spiro atoms. The van der Waals surface area contributed by atoms with Gasteiger partial charge in [-0.2, -0.15) is 0 Å². The zero-order valence-electron chi connectivity index (χ0n) is 8.25. The fourth-order valence-corrected chi connectivity index (χ4v) is 1.13. The van der Waals surface area contributed by atoms with Crippen molar-refractivity contribution in [2.45, 2.75) is 25.3 Å². The van der Waals surface area contributed by atoms with Crippen LogP contribution in [0.1, 0.15) is 19.3 Å². The summed E-state index contributed by atoms with van der Waals surface area (Å²) in [5, 5.41) is 19.1. The van der Waals surface area contributed by atoms with Crippen LogP contribution in [-0.2, 0) is 4.79 Å². The van der Waals surface area contributed by atoms with E-state index in [1.54, 1.807) is 0 Å². The van der Waals surface area contributed by atoms with Crippen molar-refractivity contribution in [1.29, 1.82) is 5.41 Å². The summed E-state index contributed by atoms with van der Waals surface area (Å²) in [6.45, 7) is 0.700. The lowest BCUT2D eigenvalue weighted by Gasteiger charge is -2.07. The first-order chi connectivity index (χ1) is 6.57. The van der Waals surface area contributed by atoms with E-state index < -0.39 is 12.0 Å². The molecule has 0 aromatic rings. The van der Waals surface area contributed by atoms with Gasteiger partial charge in [0.05, 0.1) is 0 Å². The predicted octanol–water partition coefficient (Wildman–Crippen LogP) is 0.456. The maximum Gasteiger partial charge on any atom is 0.320 e. The summed E-state index contributed by atoms with van der Waals surface area (Å²) in [6.07, 6.45) is 3.92. The zero-order valence-corrected chi connectivity index (χ0v) is 9.06. The molecule has 0 aromatic heterocycles. The first-order valence-electron chi connectivity index (χ1n) is 4.42. The van der Waals surface area contributed by atoms with Crippen LogP contribution in [0.3, 0.4) is 0 Å². The minimum absolute atomic E-state index is 0.438. The average Bonchev–Trinajstić information content (AvgIpc) is 2.16. The van der Waals surface area contributed by atoms with Crippen molar-refractivity contribution in [3.63, 3.8) is 0 Å². The van der Waals surface area contributed by atoms with E-state index in [0.29, 0.717) is 18.1 Å². The van der Waals surface area contributed by atoms with E-state index in [4.69, 9.17) is 16.2 Å². The Kier molecular flexibility index (Phi) is 7.23. The van der Waals surface area contributed by atoms with Crippen LogP contribution in [0.5, 0.6) is 0 Å². The minimum atomic E-state index is -0.949. The van der Waals surface area contributed by atoms with Crippen LogP contribution < -0.4 is 11.1 Å². The molecule has 5 nitrogen and oxygen atoms in total. The lowest BCUT2D eigenvalue weighted by Crippen LogP contribution is -2.30. The molecule has 0 amide bonds. The van der Waals surface area contributed by atoms with Crippen molar-refractivity contribution >= 4 is 22.9 Å². The van der Waals surface area contributed by atoms with Crippen LogP contribution in [-0.4, -0.2) is 35.1 Å². The molecule has 0 rings (SSSR count). The van der Waals surface area contributed by atoms with E-state index >= 15 is 0 Å². The molecule has 0 saturated heterocycles. The van der Waals surface area contributed by atoms with Gasteiger partial charge in [-0.1, -0.05) is 11.8 Å². The highest BCUT2D eigenvalue weighted by molar-refractivity contribution is 8.13. The number of unbranched alkanes of at least 4 members (excludes halogenated alkanes) is 1. The van der Waals surface area contributed by atoms with Gasteiger partial charge in [-0.15, -0.1) is 0 Å². The Morgan fingerprint density at radius 3 is 2.79 bits per heavy atom. The van der Waals surface area contributed by atoms with Crippen molar-refractivity contribution in [2.75, 3.05) is 12.8 Å². The highest BCUT2D eigenvalue weighted by atomic mass is 32.2. The van der Waals surface area contributed by atoms with Gasteiger partial charge in [-0.05, 0) is 25.5 Å². The Bertz CT molecular complexity index is 199. The van der Waals surface area contributed by atoms with Crippen LogP contribution in [0.25, 0.3) is 0 Å².